The number of phosphoric ester groups is 1. The van der Waals surface area contributed by atoms with E-state index in [1.165, 1.54) is 167 Å². The Labute approximate surface area is 580 Å². The predicted molar refractivity (Wildman–Crippen MR) is 406 cm³/mol. The molecular formula is C84H144NO8P. The van der Waals surface area contributed by atoms with Crippen molar-refractivity contribution in [2.75, 3.05) is 47.5 Å². The van der Waals surface area contributed by atoms with Crippen LogP contribution in [0.15, 0.2) is 146 Å². The lowest BCUT2D eigenvalue weighted by Gasteiger charge is -2.28. The van der Waals surface area contributed by atoms with Crippen molar-refractivity contribution in [3.8, 4) is 0 Å². The van der Waals surface area contributed by atoms with Gasteiger partial charge in [-0.05, 0) is 116 Å². The molecule has 0 radical (unpaired) electrons. The van der Waals surface area contributed by atoms with Gasteiger partial charge < -0.3 is 27.9 Å². The average molecular weight is 1330 g/mol. The van der Waals surface area contributed by atoms with Crippen molar-refractivity contribution in [1.29, 1.82) is 0 Å². The number of likely N-dealkylation sites (N-methyl/N-ethyl adjacent to an activating group) is 1. The van der Waals surface area contributed by atoms with E-state index in [-0.39, 0.29) is 32.0 Å². The maximum Gasteiger partial charge on any atom is 0.306 e. The first-order valence-electron chi connectivity index (χ1n) is 38.5. The highest BCUT2D eigenvalue weighted by molar-refractivity contribution is 7.45. The molecule has 0 saturated carbocycles. The maximum absolute atomic E-state index is 12.9. The second kappa shape index (κ2) is 73.1. The number of carbonyl (C=O) groups excluding carboxylic acids is 2. The van der Waals surface area contributed by atoms with E-state index >= 15 is 0 Å². The number of hydrogen-bond acceptors (Lipinski definition) is 8. The van der Waals surface area contributed by atoms with E-state index in [1.54, 1.807) is 0 Å². The number of nitrogens with zero attached hydrogens (tertiary/aromatic N) is 1. The van der Waals surface area contributed by atoms with Gasteiger partial charge in [-0.1, -0.05) is 339 Å². The zero-order chi connectivity index (χ0) is 68.3. The molecule has 0 aliphatic carbocycles. The van der Waals surface area contributed by atoms with Crippen molar-refractivity contribution >= 4 is 19.8 Å². The van der Waals surface area contributed by atoms with Gasteiger partial charge in [0.25, 0.3) is 7.82 Å². The molecule has 10 heteroatoms. The number of rotatable bonds is 70. The topological polar surface area (TPSA) is 111 Å². The van der Waals surface area contributed by atoms with E-state index < -0.39 is 26.5 Å². The van der Waals surface area contributed by atoms with Gasteiger partial charge in [0.1, 0.15) is 19.8 Å². The summed E-state index contributed by atoms with van der Waals surface area (Å²) in [6.45, 7) is 4.02. The molecule has 94 heavy (non-hydrogen) atoms. The molecule has 0 aromatic rings. The van der Waals surface area contributed by atoms with Gasteiger partial charge >= 0.3 is 11.9 Å². The second-order valence-corrected chi connectivity index (χ2v) is 28.0. The van der Waals surface area contributed by atoms with Crippen LogP contribution in [0.4, 0.5) is 0 Å². The molecule has 2 unspecified atom stereocenters. The largest absolute Gasteiger partial charge is 0.756 e. The standard InChI is InChI=1S/C84H144NO8P/c1-6-8-10-12-14-16-18-20-22-24-26-28-30-32-34-36-37-38-39-40-41-42-43-44-45-46-47-49-50-52-54-56-58-60-62-64-66-68-70-72-74-76-83(86)90-80-82(81-92-94(88,89)91-79-78-85(3,4)5)93-84(87)77-75-73-71-69-67-65-63-61-59-57-55-53-51-48-35-33-31-29-27-25-23-21-19-17-15-13-11-9-7-2/h8-11,14-17,20-23,26-29,32-35,51,53,57,59,82H,6-7,12-13,18-19,24-25,30-31,36-50,52,54-56,58,60-81H2,1-5H3/b10-8-,11-9-,16-14-,17-15-,22-20-,23-21-,28-26-,29-27-,34-32-,35-33-,53-51-,59-57-. The molecule has 0 aromatic heterocycles. The highest BCUT2D eigenvalue weighted by Gasteiger charge is 2.22. The van der Waals surface area contributed by atoms with Gasteiger partial charge in [0.15, 0.2) is 6.10 Å². The van der Waals surface area contributed by atoms with Crippen LogP contribution in [-0.2, 0) is 32.7 Å². The van der Waals surface area contributed by atoms with Gasteiger partial charge in [-0.15, -0.1) is 0 Å². The molecule has 0 fully saturated rings. The molecule has 0 spiro atoms. The fourth-order valence-electron chi connectivity index (χ4n) is 10.5. The maximum atomic E-state index is 12.9. The Hall–Kier alpha value is -4.11. The van der Waals surface area contributed by atoms with Crippen LogP contribution in [0.3, 0.4) is 0 Å². The summed E-state index contributed by atoms with van der Waals surface area (Å²) in [5.41, 5.74) is 0. The Morgan fingerprint density at radius 1 is 0.330 bits per heavy atom. The SMILES string of the molecule is CC/C=C\C/C=C\C/C=C\C/C=C\C/C=C\C/C=C\C/C=C\CCCCCCCCCC(=O)OC(COC(=O)CCCCCCCCCCCCCCCCCCCCCCCCCCC/C=C\C/C=C\C/C=C\C/C=C\C/C=C\CC)COP(=O)([O-])OCC[N+](C)(C)C. The molecular weight excluding hydrogens is 1180 g/mol. The first-order chi connectivity index (χ1) is 46.0. The summed E-state index contributed by atoms with van der Waals surface area (Å²) in [6.07, 6.45) is 108. The number of ether oxygens (including phenoxy) is 2. The first-order valence-corrected chi connectivity index (χ1v) is 40.0. The zero-order valence-electron chi connectivity index (χ0n) is 61.4. The van der Waals surface area contributed by atoms with Gasteiger partial charge in [0, 0.05) is 12.8 Å². The van der Waals surface area contributed by atoms with Crippen molar-refractivity contribution in [2.24, 2.45) is 0 Å². The number of carbonyl (C=O) groups is 2. The quantitative estimate of drug-likeness (QED) is 0.0195. The molecule has 0 aliphatic rings. The van der Waals surface area contributed by atoms with Gasteiger partial charge in [-0.3, -0.25) is 14.2 Å². The third-order valence-corrected chi connectivity index (χ3v) is 17.3. The Morgan fingerprint density at radius 2 is 0.574 bits per heavy atom. The van der Waals surface area contributed by atoms with Crippen LogP contribution in [0.1, 0.15) is 322 Å². The summed E-state index contributed by atoms with van der Waals surface area (Å²) in [4.78, 5) is 38.1. The van der Waals surface area contributed by atoms with Crippen LogP contribution in [0.5, 0.6) is 0 Å². The van der Waals surface area contributed by atoms with Crippen molar-refractivity contribution in [2.45, 2.75) is 328 Å². The molecule has 9 nitrogen and oxygen atoms in total. The fourth-order valence-corrected chi connectivity index (χ4v) is 11.3. The van der Waals surface area contributed by atoms with Crippen LogP contribution in [0.25, 0.3) is 0 Å². The number of phosphoric acid groups is 1. The summed E-state index contributed by atoms with van der Waals surface area (Å²) in [5.74, 6) is -0.842. The Morgan fingerprint density at radius 3 is 0.851 bits per heavy atom. The van der Waals surface area contributed by atoms with Crippen molar-refractivity contribution in [3.63, 3.8) is 0 Å². The van der Waals surface area contributed by atoms with E-state index in [0.29, 0.717) is 17.4 Å². The monoisotopic (exact) mass is 1330 g/mol. The summed E-state index contributed by atoms with van der Waals surface area (Å²) < 4.78 is 34.4. The smallest absolute Gasteiger partial charge is 0.306 e. The third-order valence-electron chi connectivity index (χ3n) is 16.4. The normalized spacial score (nSPS) is 13.9. The summed E-state index contributed by atoms with van der Waals surface area (Å²) in [5, 5.41) is 0. The Kier molecular flexibility index (Phi) is 69.9. The number of allylic oxidation sites excluding steroid dienone is 24. The molecule has 0 aliphatic heterocycles. The lowest BCUT2D eigenvalue weighted by Crippen LogP contribution is -2.37. The third kappa shape index (κ3) is 76.9. The summed E-state index contributed by atoms with van der Waals surface area (Å²) in [6, 6.07) is 0. The van der Waals surface area contributed by atoms with Crippen molar-refractivity contribution in [3.05, 3.63) is 146 Å². The highest BCUT2D eigenvalue weighted by atomic mass is 31.2. The van der Waals surface area contributed by atoms with Crippen LogP contribution >= 0.6 is 7.82 Å². The van der Waals surface area contributed by atoms with Crippen LogP contribution < -0.4 is 4.89 Å². The molecule has 0 aromatic carbocycles. The van der Waals surface area contributed by atoms with Crippen molar-refractivity contribution in [1.82, 2.24) is 0 Å². The molecule has 0 bridgehead atoms. The number of quaternary nitrogens is 1. The Bertz CT molecular complexity index is 2100. The van der Waals surface area contributed by atoms with Crippen LogP contribution in [0.2, 0.25) is 0 Å². The second-order valence-electron chi connectivity index (χ2n) is 26.6. The number of unbranched alkanes of at least 4 members (excludes halogenated alkanes) is 32. The zero-order valence-corrected chi connectivity index (χ0v) is 62.3. The Balaban J connectivity index is 3.98. The van der Waals surface area contributed by atoms with Crippen LogP contribution in [0, 0.1) is 0 Å². The van der Waals surface area contributed by atoms with Crippen molar-refractivity contribution < 1.29 is 42.1 Å². The molecule has 0 saturated heterocycles. The minimum atomic E-state index is -4.66. The van der Waals surface area contributed by atoms with Crippen LogP contribution in [-0.4, -0.2) is 70.0 Å². The first kappa shape index (κ1) is 89.9. The van der Waals surface area contributed by atoms with E-state index in [4.69, 9.17) is 18.5 Å². The average Bonchev–Trinajstić information content (AvgIpc) is 1.65. The molecule has 538 valence electrons. The van der Waals surface area contributed by atoms with Gasteiger partial charge in [0.05, 0.1) is 27.7 Å². The van der Waals surface area contributed by atoms with E-state index in [9.17, 15) is 19.0 Å². The van der Waals surface area contributed by atoms with E-state index in [0.717, 1.165) is 122 Å². The molecule has 0 rings (SSSR count). The molecule has 0 N–H and O–H groups in total. The van der Waals surface area contributed by atoms with E-state index in [1.807, 2.05) is 21.1 Å². The lowest BCUT2D eigenvalue weighted by molar-refractivity contribution is -0.870. The van der Waals surface area contributed by atoms with Gasteiger partial charge in [0.2, 0.25) is 0 Å². The summed E-state index contributed by atoms with van der Waals surface area (Å²) in [7, 11) is 1.15. The van der Waals surface area contributed by atoms with Gasteiger partial charge in [-0.25, -0.2) is 0 Å². The van der Waals surface area contributed by atoms with E-state index in [2.05, 4.69) is 160 Å². The van der Waals surface area contributed by atoms with Gasteiger partial charge in [-0.2, -0.15) is 0 Å². The molecule has 0 heterocycles. The molecule has 2 atom stereocenters. The molecule has 0 amide bonds. The highest BCUT2D eigenvalue weighted by Crippen LogP contribution is 2.38. The minimum absolute atomic E-state index is 0.0381. The fraction of sp³-hybridized carbons (Fsp3) is 0.690. The lowest BCUT2D eigenvalue weighted by atomic mass is 10.0. The number of hydrogen-bond donors (Lipinski definition) is 0. The number of esters is 2. The predicted octanol–water partition coefficient (Wildman–Crippen LogP) is 25.1. The minimum Gasteiger partial charge on any atom is -0.756 e. The summed E-state index contributed by atoms with van der Waals surface area (Å²) >= 11 is 0.